The van der Waals surface area contributed by atoms with E-state index in [-0.39, 0.29) is 0 Å². The van der Waals surface area contributed by atoms with Crippen molar-refractivity contribution in [3.63, 3.8) is 0 Å². The minimum absolute atomic E-state index is 0.919. The van der Waals surface area contributed by atoms with Crippen LogP contribution in [-0.2, 0) is 25.8 Å². The van der Waals surface area contributed by atoms with Crippen LogP contribution in [0.5, 0.6) is 0 Å². The van der Waals surface area contributed by atoms with Gasteiger partial charge in [-0.3, -0.25) is 0 Å². The van der Waals surface area contributed by atoms with Gasteiger partial charge in [-0.25, -0.2) is 0 Å². The Bertz CT molecular complexity index is 157. The van der Waals surface area contributed by atoms with Gasteiger partial charge in [0.25, 0.3) is 0 Å². The summed E-state index contributed by atoms with van der Waals surface area (Å²) in [5, 5.41) is 0. The molecule has 0 bridgehead atoms. The zero-order valence-electron chi connectivity index (χ0n) is 4.24. The summed E-state index contributed by atoms with van der Waals surface area (Å²) in [6.07, 6.45) is 4.35. The molecule has 2 nitrogen and oxygen atoms in total. The molecule has 0 saturated carbocycles. The average Bonchev–Trinajstić information content (AvgIpc) is 2.19. The van der Waals surface area contributed by atoms with Gasteiger partial charge in [-0.1, -0.05) is 0 Å². The van der Waals surface area contributed by atoms with E-state index >= 15 is 0 Å². The minimum atomic E-state index is 0.919. The maximum atomic E-state index is 3.98. The van der Waals surface area contributed by atoms with Gasteiger partial charge in [0.05, 0.1) is 0 Å². The molecule has 0 N–H and O–H groups in total. The Balaban J connectivity index is 2.62. The van der Waals surface area contributed by atoms with Gasteiger partial charge in [-0.2, -0.15) is 0 Å². The number of hydrogen-bond acceptors (Lipinski definition) is 1. The zero-order valence-corrected chi connectivity index (χ0v) is 7.18. The van der Waals surface area contributed by atoms with Gasteiger partial charge in [0.1, 0.15) is 0 Å². The molecule has 0 saturated heterocycles. The molecule has 1 heterocycles. The summed E-state index contributed by atoms with van der Waals surface area (Å²) in [7, 11) is 0. The van der Waals surface area contributed by atoms with Crippen LogP contribution in [0.1, 0.15) is 5.82 Å². The number of nitrogens with zero attached hydrogens (tertiary/aromatic N) is 2. The van der Waals surface area contributed by atoms with Crippen LogP contribution < -0.4 is 4.98 Å². The van der Waals surface area contributed by atoms with Gasteiger partial charge < -0.3 is 0 Å². The topological polar surface area (TPSA) is 27.0 Å². The third-order valence-corrected chi connectivity index (χ3v) is 1.38. The van der Waals surface area contributed by atoms with Crippen molar-refractivity contribution in [3.8, 4) is 0 Å². The summed E-state index contributed by atoms with van der Waals surface area (Å²) in [5.41, 5.74) is 0. The van der Waals surface area contributed by atoms with Gasteiger partial charge in [-0.15, -0.1) is 0 Å². The summed E-state index contributed by atoms with van der Waals surface area (Å²) >= 11 is 1.48. The van der Waals surface area contributed by atoms with Crippen molar-refractivity contribution < 1.29 is 19.4 Å². The molecule has 0 atom stereocenters. The first-order chi connectivity index (χ1) is 3.93. The van der Waals surface area contributed by atoms with E-state index in [1.54, 1.807) is 12.4 Å². The summed E-state index contributed by atoms with van der Waals surface area (Å²) in [6, 6.07) is 0. The second kappa shape index (κ2) is 2.93. The van der Waals surface area contributed by atoms with E-state index in [0.29, 0.717) is 0 Å². The summed E-state index contributed by atoms with van der Waals surface area (Å²) in [6.45, 7) is 0. The predicted octanol–water partition coefficient (Wildman–Crippen LogP) is -0.0697. The summed E-state index contributed by atoms with van der Waals surface area (Å²) < 4.78 is 2.12. The Labute approximate surface area is 58.7 Å². The van der Waals surface area contributed by atoms with Crippen molar-refractivity contribution in [2.45, 2.75) is 6.42 Å². The van der Waals surface area contributed by atoms with Gasteiger partial charge in [-0.05, 0) is 0 Å². The van der Waals surface area contributed by atoms with Crippen LogP contribution in [0, 0.1) is 0 Å². The van der Waals surface area contributed by atoms with Crippen LogP contribution in [-0.4, -0.2) is 9.38 Å². The van der Waals surface area contributed by atoms with Gasteiger partial charge in [0, 0.05) is 0 Å². The van der Waals surface area contributed by atoms with E-state index < -0.39 is 0 Å². The van der Waals surface area contributed by atoms with Crippen molar-refractivity contribution in [2.75, 3.05) is 0 Å². The van der Waals surface area contributed by atoms with E-state index in [2.05, 4.69) is 14.4 Å². The first-order valence-corrected chi connectivity index (χ1v) is 3.99. The molecule has 0 aliphatic heterocycles. The molecular formula is C5H5N2W-. The molecule has 0 amide bonds. The first-order valence-electron chi connectivity index (χ1n) is 2.29. The van der Waals surface area contributed by atoms with Crippen molar-refractivity contribution in [3.05, 3.63) is 18.2 Å². The van der Waals surface area contributed by atoms with E-state index in [4.69, 9.17) is 0 Å². The van der Waals surface area contributed by atoms with E-state index in [9.17, 15) is 0 Å². The Morgan fingerprint density at radius 3 is 3.25 bits per heavy atom. The van der Waals surface area contributed by atoms with Crippen LogP contribution >= 0.6 is 0 Å². The molecule has 0 fully saturated rings. The van der Waals surface area contributed by atoms with E-state index in [1.807, 2.05) is 0 Å². The van der Waals surface area contributed by atoms with Crippen LogP contribution in [0.25, 0.3) is 0 Å². The van der Waals surface area contributed by atoms with Crippen molar-refractivity contribution in [1.29, 1.82) is 0 Å². The number of imidazole rings is 1. The third-order valence-electron chi connectivity index (χ3n) is 0.780. The first kappa shape index (κ1) is 5.90. The molecule has 0 aliphatic carbocycles. The number of hydrogen-bond donors (Lipinski definition) is 0. The maximum absolute atomic E-state index is 3.98. The second-order valence-corrected chi connectivity index (χ2v) is 2.54. The van der Waals surface area contributed by atoms with Crippen molar-refractivity contribution in [2.24, 2.45) is 0 Å². The van der Waals surface area contributed by atoms with Gasteiger partial charge >= 0.3 is 58.4 Å². The quantitative estimate of drug-likeness (QED) is 0.756. The Kier molecular flexibility index (Phi) is 2.16. The van der Waals surface area contributed by atoms with Gasteiger partial charge in [0.2, 0.25) is 0 Å². The summed E-state index contributed by atoms with van der Waals surface area (Å²) in [5.74, 6) is 0.931. The molecule has 1 rings (SSSR count). The fourth-order valence-electron chi connectivity index (χ4n) is 0.452. The molecule has 8 heavy (non-hydrogen) atoms. The Morgan fingerprint density at radius 2 is 2.75 bits per heavy atom. The molecule has 1 aromatic heterocycles. The number of aromatic nitrogens is 2. The van der Waals surface area contributed by atoms with Crippen molar-refractivity contribution >= 4 is 4.40 Å². The zero-order chi connectivity index (χ0) is 5.82. The van der Waals surface area contributed by atoms with Crippen LogP contribution in [0.4, 0.5) is 0 Å². The van der Waals surface area contributed by atoms with Crippen LogP contribution in [0.3, 0.4) is 0 Å². The predicted molar refractivity (Wildman–Crippen MR) is 27.3 cm³/mol. The van der Waals surface area contributed by atoms with Crippen LogP contribution in [0.15, 0.2) is 12.4 Å². The fraction of sp³-hybridized carbons (Fsp3) is 0.200. The second-order valence-electron chi connectivity index (χ2n) is 1.34. The molecular weight excluding hydrogens is 272 g/mol. The van der Waals surface area contributed by atoms with E-state index in [0.717, 1.165) is 12.2 Å². The summed E-state index contributed by atoms with van der Waals surface area (Å²) in [4.78, 5) is 7.95. The van der Waals surface area contributed by atoms with Crippen molar-refractivity contribution in [1.82, 2.24) is 9.97 Å². The Morgan fingerprint density at radius 1 is 1.88 bits per heavy atom. The Hall–Kier alpha value is -0.232. The molecule has 0 radical (unpaired) electrons. The standard InChI is InChI=1S/C5H5N2.W/c1-2-5-6-3-4-7-5;/h1,3-4H,2H2;/q-1;. The SMILES string of the molecule is [W]=[CH]Cc1ncc[n-]1. The molecule has 42 valence electrons. The normalized spacial score (nSPS) is 9.00. The third kappa shape index (κ3) is 1.37. The number of rotatable bonds is 2. The molecule has 3 heteroatoms. The fourth-order valence-corrected chi connectivity index (χ4v) is 0.988. The molecule has 0 unspecified atom stereocenters. The molecule has 0 aliphatic rings. The monoisotopic (exact) mass is 277 g/mol. The molecule has 1 aromatic rings. The average molecular weight is 277 g/mol. The van der Waals surface area contributed by atoms with E-state index in [1.165, 1.54) is 19.4 Å². The molecule has 0 aromatic carbocycles. The van der Waals surface area contributed by atoms with Crippen LogP contribution in [0.2, 0.25) is 0 Å². The van der Waals surface area contributed by atoms with Gasteiger partial charge in [0.15, 0.2) is 0 Å². The molecule has 0 spiro atoms.